The number of fused-ring (bicyclic) bond motifs is 6. The molecule has 0 amide bonds. The van der Waals surface area contributed by atoms with Gasteiger partial charge in [-0.1, -0.05) is 84.9 Å². The van der Waals surface area contributed by atoms with Gasteiger partial charge >= 0.3 is 0 Å². The third-order valence-corrected chi connectivity index (χ3v) is 10.1. The second-order valence-corrected chi connectivity index (χ2v) is 12.8. The van der Waals surface area contributed by atoms with Crippen molar-refractivity contribution in [1.29, 1.82) is 0 Å². The molecule has 0 aliphatic carbocycles. The molecule has 35 heavy (non-hydrogen) atoms. The van der Waals surface area contributed by atoms with Crippen molar-refractivity contribution in [1.82, 2.24) is 0 Å². The number of hydrogen-bond donors (Lipinski definition) is 0. The summed E-state index contributed by atoms with van der Waals surface area (Å²) >= 11 is 0. The van der Waals surface area contributed by atoms with Crippen molar-refractivity contribution in [3.63, 3.8) is 0 Å². The summed E-state index contributed by atoms with van der Waals surface area (Å²) in [5, 5.41) is 11.4. The van der Waals surface area contributed by atoms with Crippen LogP contribution >= 0.6 is 16.4 Å². The third-order valence-electron chi connectivity index (χ3n) is 7.36. The first-order valence-electron chi connectivity index (χ1n) is 12.4. The Morgan fingerprint density at radius 1 is 0.571 bits per heavy atom. The van der Waals surface area contributed by atoms with Crippen molar-refractivity contribution in [2.75, 3.05) is 0 Å². The van der Waals surface area contributed by atoms with E-state index in [1.807, 2.05) is 0 Å². The summed E-state index contributed by atoms with van der Waals surface area (Å²) in [6.07, 6.45) is 1.76. The third kappa shape index (κ3) is 3.72. The van der Waals surface area contributed by atoms with Gasteiger partial charge in [0.15, 0.2) is 5.79 Å². The van der Waals surface area contributed by atoms with Crippen LogP contribution in [0.2, 0.25) is 0 Å². The highest BCUT2D eigenvalue weighted by Gasteiger charge is 2.41. The minimum atomic E-state index is -0.579. The molecule has 4 atom stereocenters. The molecule has 1 aliphatic heterocycles. The smallest absolute Gasteiger partial charge is 0.163 e. The van der Waals surface area contributed by atoms with Crippen LogP contribution in [0.1, 0.15) is 25.0 Å². The van der Waals surface area contributed by atoms with E-state index < -0.39 is 5.79 Å². The average Bonchev–Trinajstić information content (AvgIpc) is 3.50. The van der Waals surface area contributed by atoms with E-state index >= 15 is 0 Å². The SMILES string of the molecule is CC1(C)O[C@@H](Cc2cccc3[pH]c4ccccc4c23)[C@H](Cc2cccc3[pH]c4ccccc4c23)O1. The molecule has 7 rings (SSSR count). The van der Waals surface area contributed by atoms with Gasteiger partial charge in [-0.3, -0.25) is 0 Å². The van der Waals surface area contributed by atoms with E-state index in [4.69, 9.17) is 9.47 Å². The quantitative estimate of drug-likeness (QED) is 0.244. The first-order chi connectivity index (χ1) is 17.1. The van der Waals surface area contributed by atoms with E-state index in [0.717, 1.165) is 29.2 Å². The minimum absolute atomic E-state index is 0.0162. The molecule has 6 aromatic rings. The van der Waals surface area contributed by atoms with Crippen molar-refractivity contribution in [2.24, 2.45) is 0 Å². The molecule has 4 aromatic carbocycles. The summed E-state index contributed by atoms with van der Waals surface area (Å²) in [6.45, 7) is 4.11. The van der Waals surface area contributed by atoms with Crippen molar-refractivity contribution >= 4 is 58.4 Å². The minimum Gasteiger partial charge on any atom is -0.344 e. The Labute approximate surface area is 208 Å². The van der Waals surface area contributed by atoms with Crippen molar-refractivity contribution in [3.05, 3.63) is 96.1 Å². The molecule has 2 unspecified atom stereocenters. The maximum atomic E-state index is 6.56. The van der Waals surface area contributed by atoms with Crippen LogP contribution in [0.5, 0.6) is 0 Å². The Balaban J connectivity index is 1.28. The normalized spacial score (nSPS) is 20.4. The molecule has 0 spiro atoms. The summed E-state index contributed by atoms with van der Waals surface area (Å²) in [6, 6.07) is 31.3. The molecule has 1 aliphatic rings. The van der Waals surface area contributed by atoms with Crippen molar-refractivity contribution < 1.29 is 9.47 Å². The van der Waals surface area contributed by atoms with Gasteiger partial charge in [-0.15, -0.1) is 16.4 Å². The van der Waals surface area contributed by atoms with Crippen LogP contribution in [0.3, 0.4) is 0 Å². The topological polar surface area (TPSA) is 18.5 Å². The molecular formula is C31H28O2P2. The van der Waals surface area contributed by atoms with Crippen molar-refractivity contribution in [2.45, 2.75) is 44.7 Å². The second kappa shape index (κ2) is 8.22. The molecule has 2 nitrogen and oxygen atoms in total. The summed E-state index contributed by atoms with van der Waals surface area (Å²) in [4.78, 5) is 0. The predicted molar refractivity (Wildman–Crippen MR) is 153 cm³/mol. The fourth-order valence-corrected chi connectivity index (χ4v) is 8.81. The van der Waals surface area contributed by atoms with Crippen LogP contribution in [0.4, 0.5) is 0 Å². The number of hydrogen-bond acceptors (Lipinski definition) is 2. The van der Waals surface area contributed by atoms with E-state index in [0.29, 0.717) is 0 Å². The summed E-state index contributed by atoms with van der Waals surface area (Å²) in [7, 11) is 1.47. The zero-order valence-electron chi connectivity index (χ0n) is 20.0. The Morgan fingerprint density at radius 2 is 1.00 bits per heavy atom. The maximum Gasteiger partial charge on any atom is 0.163 e. The van der Waals surface area contributed by atoms with Gasteiger partial charge in [0.1, 0.15) is 0 Å². The van der Waals surface area contributed by atoms with E-state index in [1.165, 1.54) is 53.1 Å². The standard InChI is InChI=1S/C31H28O2P2/c1-31(2)32-23(17-19-9-7-15-27-29(19)21-11-3-5-13-25(21)34-27)24(33-31)18-20-10-8-16-28-30(20)22-12-4-6-14-26(22)35-28/h3-16,23-24,34-35H,17-18H2,1-2H3/t23-,24-/m0/s1. The first kappa shape index (κ1) is 21.7. The molecule has 2 aromatic heterocycles. The van der Waals surface area contributed by atoms with Crippen LogP contribution in [0, 0.1) is 0 Å². The van der Waals surface area contributed by atoms with E-state index in [9.17, 15) is 0 Å². The highest BCUT2D eigenvalue weighted by Crippen LogP contribution is 2.43. The Kier molecular flexibility index (Phi) is 5.09. The maximum absolute atomic E-state index is 6.56. The lowest BCUT2D eigenvalue weighted by molar-refractivity contribution is -0.145. The van der Waals surface area contributed by atoms with Gasteiger partial charge in [0.2, 0.25) is 0 Å². The number of benzene rings is 4. The lowest BCUT2D eigenvalue weighted by atomic mass is 9.94. The molecule has 0 bridgehead atoms. The molecule has 0 N–H and O–H groups in total. The predicted octanol–water partition coefficient (Wildman–Crippen LogP) is 8.67. The van der Waals surface area contributed by atoms with E-state index in [1.54, 1.807) is 0 Å². The van der Waals surface area contributed by atoms with Gasteiger partial charge in [0.25, 0.3) is 0 Å². The highest BCUT2D eigenvalue weighted by molar-refractivity contribution is 7.44. The molecule has 0 radical (unpaired) electrons. The van der Waals surface area contributed by atoms with Crippen LogP contribution in [-0.4, -0.2) is 18.0 Å². The van der Waals surface area contributed by atoms with Crippen LogP contribution < -0.4 is 0 Å². The fourth-order valence-electron chi connectivity index (χ4n) is 5.98. The summed E-state index contributed by atoms with van der Waals surface area (Å²) < 4.78 is 13.1. The molecule has 3 heterocycles. The Morgan fingerprint density at radius 3 is 1.49 bits per heavy atom. The summed E-state index contributed by atoms with van der Waals surface area (Å²) in [5.41, 5.74) is 2.75. The molecular weight excluding hydrogens is 466 g/mol. The lowest BCUT2D eigenvalue weighted by Crippen LogP contribution is -2.27. The molecule has 174 valence electrons. The van der Waals surface area contributed by atoms with E-state index in [2.05, 4.69) is 98.8 Å². The monoisotopic (exact) mass is 494 g/mol. The molecule has 0 saturated carbocycles. The van der Waals surface area contributed by atoms with Gasteiger partial charge in [0, 0.05) is 12.8 Å². The van der Waals surface area contributed by atoms with Crippen LogP contribution in [-0.2, 0) is 22.3 Å². The fraction of sp³-hybridized carbons (Fsp3) is 0.226. The molecule has 4 heteroatoms. The van der Waals surface area contributed by atoms with E-state index in [-0.39, 0.29) is 12.2 Å². The van der Waals surface area contributed by atoms with Gasteiger partial charge in [-0.2, -0.15) is 0 Å². The first-order valence-corrected chi connectivity index (χ1v) is 14.4. The van der Waals surface area contributed by atoms with Crippen LogP contribution in [0.25, 0.3) is 42.0 Å². The molecule has 1 saturated heterocycles. The number of rotatable bonds is 4. The molecule has 1 fully saturated rings. The number of ether oxygens (including phenoxy) is 2. The highest BCUT2D eigenvalue weighted by atomic mass is 31.0. The van der Waals surface area contributed by atoms with Crippen molar-refractivity contribution in [3.8, 4) is 0 Å². The van der Waals surface area contributed by atoms with Gasteiger partial charge < -0.3 is 9.47 Å². The van der Waals surface area contributed by atoms with Crippen LogP contribution in [0.15, 0.2) is 84.9 Å². The van der Waals surface area contributed by atoms with Gasteiger partial charge in [-0.05, 0) is 67.0 Å². The summed E-state index contributed by atoms with van der Waals surface area (Å²) in [5.74, 6) is -0.579. The zero-order chi connectivity index (χ0) is 23.6. The zero-order valence-corrected chi connectivity index (χ0v) is 22.0. The lowest BCUT2D eigenvalue weighted by Gasteiger charge is -2.18. The second-order valence-electron chi connectivity index (χ2n) is 10.1. The Hall–Kier alpha value is -2.60. The largest absolute Gasteiger partial charge is 0.344 e. The van der Waals surface area contributed by atoms with Gasteiger partial charge in [0.05, 0.1) is 12.2 Å². The van der Waals surface area contributed by atoms with Gasteiger partial charge in [-0.25, -0.2) is 0 Å². The average molecular weight is 495 g/mol. The Bertz CT molecular complexity index is 1580.